The molecular weight excluding hydrogens is 196 g/mol. The average Bonchev–Trinajstić information content (AvgIpc) is 2.26. The van der Waals surface area contributed by atoms with Gasteiger partial charge in [-0.25, -0.2) is 0 Å². The van der Waals surface area contributed by atoms with E-state index in [0.717, 1.165) is 0 Å². The summed E-state index contributed by atoms with van der Waals surface area (Å²) in [6.45, 7) is -0.392. The van der Waals surface area contributed by atoms with Crippen molar-refractivity contribution in [1.82, 2.24) is 5.32 Å². The first-order chi connectivity index (χ1) is 7.15. The molecule has 0 bridgehead atoms. The predicted molar refractivity (Wildman–Crippen MR) is 53.9 cm³/mol. The maximum Gasteiger partial charge on any atom is 0.249 e. The molecule has 0 aliphatic rings. The predicted octanol–water partition coefficient (Wildman–Crippen LogP) is -0.606. The number of rotatable bonds is 4. The molecule has 0 aliphatic heterocycles. The summed E-state index contributed by atoms with van der Waals surface area (Å²) < 4.78 is 0. The summed E-state index contributed by atoms with van der Waals surface area (Å²) in [5, 5.41) is 10.9. The highest BCUT2D eigenvalue weighted by atomic mass is 16.3. The fourth-order valence-corrected chi connectivity index (χ4v) is 1.16. The maximum absolute atomic E-state index is 11.0. The van der Waals surface area contributed by atoms with E-state index in [1.807, 2.05) is 0 Å². The van der Waals surface area contributed by atoms with E-state index < -0.39 is 18.4 Å². The molecule has 0 atom stereocenters. The summed E-state index contributed by atoms with van der Waals surface area (Å²) in [7, 11) is 0. The minimum atomic E-state index is -0.571. The lowest BCUT2D eigenvalue weighted by atomic mass is 10.1. The van der Waals surface area contributed by atoms with E-state index in [1.165, 1.54) is 0 Å². The molecule has 15 heavy (non-hydrogen) atoms. The van der Waals surface area contributed by atoms with Crippen molar-refractivity contribution < 1.29 is 14.7 Å². The summed E-state index contributed by atoms with van der Waals surface area (Å²) >= 11 is 0. The van der Waals surface area contributed by atoms with Gasteiger partial charge < -0.3 is 16.2 Å². The van der Waals surface area contributed by atoms with Crippen LogP contribution in [0.25, 0.3) is 0 Å². The van der Waals surface area contributed by atoms with Crippen molar-refractivity contribution >= 4 is 11.8 Å². The Morgan fingerprint density at radius 2 is 2.00 bits per heavy atom. The van der Waals surface area contributed by atoms with Gasteiger partial charge in [0.2, 0.25) is 11.8 Å². The molecule has 5 nitrogen and oxygen atoms in total. The van der Waals surface area contributed by atoms with E-state index >= 15 is 0 Å². The van der Waals surface area contributed by atoms with Crippen LogP contribution in [-0.2, 0) is 11.3 Å². The van der Waals surface area contributed by atoms with Crippen molar-refractivity contribution in [1.29, 1.82) is 0 Å². The maximum atomic E-state index is 11.0. The SMILES string of the molecule is NC(=O)c1ccccc1CNC(=O)CO. The molecule has 2 amide bonds. The first-order valence-electron chi connectivity index (χ1n) is 4.40. The number of hydrogen-bond acceptors (Lipinski definition) is 3. The smallest absolute Gasteiger partial charge is 0.249 e. The Morgan fingerprint density at radius 3 is 2.60 bits per heavy atom. The van der Waals surface area contributed by atoms with Gasteiger partial charge in [-0.1, -0.05) is 18.2 Å². The first-order valence-corrected chi connectivity index (χ1v) is 4.40. The molecule has 1 aromatic rings. The molecule has 80 valence electrons. The molecule has 0 aromatic heterocycles. The van der Waals surface area contributed by atoms with Gasteiger partial charge in [0.05, 0.1) is 0 Å². The highest BCUT2D eigenvalue weighted by Crippen LogP contribution is 2.07. The Hall–Kier alpha value is -1.88. The van der Waals surface area contributed by atoms with Crippen LogP contribution < -0.4 is 11.1 Å². The van der Waals surface area contributed by atoms with Gasteiger partial charge in [-0.2, -0.15) is 0 Å². The van der Waals surface area contributed by atoms with Crippen LogP contribution in [0.2, 0.25) is 0 Å². The van der Waals surface area contributed by atoms with Gasteiger partial charge in [-0.05, 0) is 11.6 Å². The molecule has 0 fully saturated rings. The van der Waals surface area contributed by atoms with E-state index in [1.54, 1.807) is 24.3 Å². The minimum Gasteiger partial charge on any atom is -0.387 e. The summed E-state index contributed by atoms with van der Waals surface area (Å²) in [6, 6.07) is 6.71. The Labute approximate surface area is 86.9 Å². The Balaban J connectivity index is 2.76. The number of nitrogens with one attached hydrogen (secondary N) is 1. The molecule has 1 rings (SSSR count). The number of benzene rings is 1. The molecule has 0 spiro atoms. The molecule has 0 heterocycles. The van der Waals surface area contributed by atoms with Crippen molar-refractivity contribution in [2.75, 3.05) is 6.61 Å². The zero-order chi connectivity index (χ0) is 11.3. The lowest BCUT2D eigenvalue weighted by Crippen LogP contribution is -2.27. The first kappa shape index (κ1) is 11.2. The molecular formula is C10H12N2O3. The third-order valence-corrected chi connectivity index (χ3v) is 1.90. The monoisotopic (exact) mass is 208 g/mol. The lowest BCUT2D eigenvalue weighted by Gasteiger charge is -2.06. The topological polar surface area (TPSA) is 92.4 Å². The van der Waals surface area contributed by atoms with E-state index in [2.05, 4.69) is 5.32 Å². The van der Waals surface area contributed by atoms with Gasteiger partial charge in [0.1, 0.15) is 6.61 Å². The molecule has 0 saturated carbocycles. The standard InChI is InChI=1S/C10H12N2O3/c11-10(15)8-4-2-1-3-7(8)5-12-9(14)6-13/h1-4,13H,5-6H2,(H2,11,15)(H,12,14). The summed E-state index contributed by atoms with van der Waals surface area (Å²) in [5.41, 5.74) is 6.15. The molecule has 0 aliphatic carbocycles. The Kier molecular flexibility index (Phi) is 3.82. The number of aliphatic hydroxyl groups is 1. The van der Waals surface area contributed by atoms with Crippen LogP contribution in [0.15, 0.2) is 24.3 Å². The number of primary amides is 1. The number of nitrogens with two attached hydrogens (primary N) is 1. The second-order valence-electron chi connectivity index (χ2n) is 2.96. The van der Waals surface area contributed by atoms with Crippen LogP contribution in [0, 0.1) is 0 Å². The van der Waals surface area contributed by atoms with Gasteiger partial charge in [0.25, 0.3) is 0 Å². The van der Waals surface area contributed by atoms with E-state index in [-0.39, 0.29) is 6.54 Å². The fourth-order valence-electron chi connectivity index (χ4n) is 1.16. The highest BCUT2D eigenvalue weighted by Gasteiger charge is 2.07. The lowest BCUT2D eigenvalue weighted by molar-refractivity contribution is -0.123. The second kappa shape index (κ2) is 5.11. The largest absolute Gasteiger partial charge is 0.387 e. The number of carbonyl (C=O) groups excluding carboxylic acids is 2. The van der Waals surface area contributed by atoms with Crippen molar-refractivity contribution in [3.63, 3.8) is 0 Å². The second-order valence-corrected chi connectivity index (χ2v) is 2.96. The molecule has 5 heteroatoms. The number of aliphatic hydroxyl groups excluding tert-OH is 1. The third kappa shape index (κ3) is 3.07. The third-order valence-electron chi connectivity index (χ3n) is 1.90. The van der Waals surface area contributed by atoms with Crippen molar-refractivity contribution in [2.45, 2.75) is 6.54 Å². The molecule has 0 radical (unpaired) electrons. The number of amides is 2. The van der Waals surface area contributed by atoms with Gasteiger partial charge in [-0.15, -0.1) is 0 Å². The van der Waals surface area contributed by atoms with Crippen molar-refractivity contribution in [2.24, 2.45) is 5.73 Å². The molecule has 1 aromatic carbocycles. The number of carbonyl (C=O) groups is 2. The highest BCUT2D eigenvalue weighted by molar-refractivity contribution is 5.94. The van der Waals surface area contributed by atoms with Crippen LogP contribution in [0.4, 0.5) is 0 Å². The van der Waals surface area contributed by atoms with Crippen LogP contribution in [0.5, 0.6) is 0 Å². The zero-order valence-electron chi connectivity index (χ0n) is 8.06. The molecule has 4 N–H and O–H groups in total. The Bertz CT molecular complexity index is 377. The molecule has 0 saturated heterocycles. The van der Waals surface area contributed by atoms with Gasteiger partial charge in [0, 0.05) is 12.1 Å². The van der Waals surface area contributed by atoms with E-state index in [4.69, 9.17) is 10.8 Å². The van der Waals surface area contributed by atoms with E-state index in [9.17, 15) is 9.59 Å². The average molecular weight is 208 g/mol. The van der Waals surface area contributed by atoms with E-state index in [0.29, 0.717) is 11.1 Å². The van der Waals surface area contributed by atoms with Gasteiger partial charge >= 0.3 is 0 Å². The summed E-state index contributed by atoms with van der Waals surface area (Å²) in [6.07, 6.45) is 0. The van der Waals surface area contributed by atoms with Gasteiger partial charge in [0.15, 0.2) is 0 Å². The number of hydrogen-bond donors (Lipinski definition) is 3. The van der Waals surface area contributed by atoms with Crippen molar-refractivity contribution in [3.05, 3.63) is 35.4 Å². The quantitative estimate of drug-likeness (QED) is 0.616. The molecule has 0 unspecified atom stereocenters. The summed E-state index contributed by atoms with van der Waals surface area (Å²) in [4.78, 5) is 21.8. The van der Waals surface area contributed by atoms with Crippen LogP contribution in [-0.4, -0.2) is 23.5 Å². The van der Waals surface area contributed by atoms with Crippen LogP contribution in [0.1, 0.15) is 15.9 Å². The minimum absolute atomic E-state index is 0.179. The van der Waals surface area contributed by atoms with Crippen LogP contribution in [0.3, 0.4) is 0 Å². The Morgan fingerprint density at radius 1 is 1.33 bits per heavy atom. The zero-order valence-corrected chi connectivity index (χ0v) is 8.06. The van der Waals surface area contributed by atoms with Crippen LogP contribution >= 0.6 is 0 Å². The van der Waals surface area contributed by atoms with Crippen molar-refractivity contribution in [3.8, 4) is 0 Å². The summed E-state index contributed by atoms with van der Waals surface area (Å²) in [5.74, 6) is -1.03. The fraction of sp³-hybridized carbons (Fsp3) is 0.200. The normalized spacial score (nSPS) is 9.67. The van der Waals surface area contributed by atoms with Gasteiger partial charge in [-0.3, -0.25) is 9.59 Å².